The van der Waals surface area contributed by atoms with Crippen LogP contribution in [0, 0.1) is 5.92 Å². The summed E-state index contributed by atoms with van der Waals surface area (Å²) < 4.78 is 0. The third-order valence-electron chi connectivity index (χ3n) is 5.23. The summed E-state index contributed by atoms with van der Waals surface area (Å²) in [7, 11) is 3.37. The van der Waals surface area contributed by atoms with E-state index < -0.39 is 18.0 Å². The van der Waals surface area contributed by atoms with Crippen LogP contribution in [0.1, 0.15) is 19.8 Å². The van der Waals surface area contributed by atoms with Crippen LogP contribution in [0.2, 0.25) is 0 Å². The normalized spacial score (nSPS) is 30.1. The Morgan fingerprint density at radius 2 is 2.11 bits per heavy atom. The van der Waals surface area contributed by atoms with Gasteiger partial charge in [0.15, 0.2) is 0 Å². The maximum atomic E-state index is 12.2. The number of thioether (sulfide) groups is 1. The first-order chi connectivity index (χ1) is 12.7. The van der Waals surface area contributed by atoms with E-state index in [1.165, 1.54) is 27.6 Å². The average molecular weight is 434 g/mol. The molecule has 0 unspecified atom stereocenters. The van der Waals surface area contributed by atoms with Crippen molar-refractivity contribution in [3.8, 4) is 0 Å². The van der Waals surface area contributed by atoms with E-state index in [0.717, 1.165) is 6.42 Å². The molecule has 0 aliphatic carbocycles. The molecule has 2 fully saturated rings. The van der Waals surface area contributed by atoms with E-state index in [1.807, 2.05) is 6.08 Å². The van der Waals surface area contributed by atoms with Crippen molar-refractivity contribution in [3.63, 3.8) is 0 Å². The third kappa shape index (κ3) is 4.75. The summed E-state index contributed by atoms with van der Waals surface area (Å²) in [4.78, 5) is 38.8. The monoisotopic (exact) mass is 433 g/mol. The van der Waals surface area contributed by atoms with Gasteiger partial charge in [-0.1, -0.05) is 6.08 Å². The molecular formula is C18H24KN3O5S. The number of aliphatic hydroxyl groups is 1. The molecule has 2 amide bonds. The molecule has 3 aliphatic rings. The van der Waals surface area contributed by atoms with E-state index in [1.54, 1.807) is 21.0 Å². The van der Waals surface area contributed by atoms with Gasteiger partial charge in [0.1, 0.15) is 0 Å². The summed E-state index contributed by atoms with van der Waals surface area (Å²) in [6.07, 6.45) is 3.74. The zero-order valence-corrected chi connectivity index (χ0v) is 20.5. The number of rotatable bonds is 6. The molecule has 0 saturated carbocycles. The molecule has 0 aromatic carbocycles. The minimum absolute atomic E-state index is 0. The number of likely N-dealkylation sites (N-methyl/N-ethyl adjacent to an activating group) is 1. The molecule has 0 aromatic heterocycles. The molecule has 0 spiro atoms. The van der Waals surface area contributed by atoms with Crippen LogP contribution in [0.4, 0.5) is 0 Å². The molecule has 5 atom stereocenters. The molecule has 3 aliphatic heterocycles. The van der Waals surface area contributed by atoms with Gasteiger partial charge in [0.2, 0.25) is 11.8 Å². The number of aliphatic carboxylic acids is 1. The molecule has 28 heavy (non-hydrogen) atoms. The number of nitrogens with one attached hydrogen (secondary N) is 1. The third-order valence-corrected chi connectivity index (χ3v) is 6.56. The molecule has 2 saturated heterocycles. The van der Waals surface area contributed by atoms with E-state index in [9.17, 15) is 24.6 Å². The van der Waals surface area contributed by atoms with Crippen molar-refractivity contribution in [1.82, 2.24) is 15.1 Å². The standard InChI is InChI=1S/C18H25N3O5S.K/c1-9(22)15-12-7-13(16(18(25)26)21(12)17(15)24)27-11-6-10(19-8-11)4-5-14(23)20(2)3;/h4-5,9-12,15,19,22H,6-8H2,1-3H3,(H,25,26);/q;+1/p-1/b5-4+;/t9-,10-,11+,12-,15-;/m1./s1. The Balaban J connectivity index is 0.00000280. The second kappa shape index (κ2) is 9.74. The smallest absolute Gasteiger partial charge is 0.543 e. The van der Waals surface area contributed by atoms with Crippen LogP contribution in [0.25, 0.3) is 0 Å². The van der Waals surface area contributed by atoms with Gasteiger partial charge >= 0.3 is 51.4 Å². The fourth-order valence-electron chi connectivity index (χ4n) is 3.84. The van der Waals surface area contributed by atoms with Gasteiger partial charge in [-0.2, -0.15) is 0 Å². The van der Waals surface area contributed by atoms with Crippen molar-refractivity contribution in [1.29, 1.82) is 0 Å². The number of carboxylic acid groups (broad SMARTS) is 1. The van der Waals surface area contributed by atoms with Gasteiger partial charge in [0.05, 0.1) is 29.7 Å². The van der Waals surface area contributed by atoms with E-state index in [0.29, 0.717) is 17.9 Å². The van der Waals surface area contributed by atoms with E-state index in [-0.39, 0.29) is 86.2 Å². The Hall–Kier alpha value is -0.204. The Kier molecular flexibility index (Phi) is 8.37. The number of fused-ring (bicyclic) bond motifs is 1. The zero-order valence-electron chi connectivity index (χ0n) is 16.5. The fraction of sp³-hybridized carbons (Fsp3) is 0.611. The number of hydrogen-bond donors (Lipinski definition) is 2. The summed E-state index contributed by atoms with van der Waals surface area (Å²) in [6.45, 7) is 2.23. The Bertz CT molecular complexity index is 724. The summed E-state index contributed by atoms with van der Waals surface area (Å²) in [5.41, 5.74) is -0.0475. The molecule has 0 radical (unpaired) electrons. The zero-order chi connectivity index (χ0) is 19.9. The number of β-lactam (4-membered cyclic amide) rings is 1. The van der Waals surface area contributed by atoms with E-state index in [2.05, 4.69) is 5.32 Å². The van der Waals surface area contributed by atoms with Crippen molar-refractivity contribution in [2.24, 2.45) is 5.92 Å². The van der Waals surface area contributed by atoms with Crippen molar-refractivity contribution in [3.05, 3.63) is 22.8 Å². The number of amides is 2. The number of carboxylic acids is 1. The second-order valence-corrected chi connectivity index (χ2v) is 8.78. The predicted molar refractivity (Wildman–Crippen MR) is 98.1 cm³/mol. The topological polar surface area (TPSA) is 113 Å². The summed E-state index contributed by atoms with van der Waals surface area (Å²) in [6, 6.07) is -0.251. The van der Waals surface area contributed by atoms with Gasteiger partial charge in [-0.15, -0.1) is 11.8 Å². The van der Waals surface area contributed by atoms with Gasteiger partial charge in [0, 0.05) is 49.3 Å². The van der Waals surface area contributed by atoms with Gasteiger partial charge in [-0.25, -0.2) is 0 Å². The van der Waals surface area contributed by atoms with Crippen LogP contribution >= 0.6 is 11.8 Å². The number of carbonyl (C=O) groups excluding carboxylic acids is 3. The minimum atomic E-state index is -1.35. The summed E-state index contributed by atoms with van der Waals surface area (Å²) in [5.74, 6) is -2.33. The Labute approximate surface area is 211 Å². The summed E-state index contributed by atoms with van der Waals surface area (Å²) >= 11 is 1.45. The number of aliphatic hydroxyl groups excluding tert-OH is 1. The van der Waals surface area contributed by atoms with Crippen molar-refractivity contribution < 1.29 is 76.0 Å². The Morgan fingerprint density at radius 1 is 1.43 bits per heavy atom. The maximum absolute atomic E-state index is 12.2. The van der Waals surface area contributed by atoms with E-state index in [4.69, 9.17) is 0 Å². The van der Waals surface area contributed by atoms with Crippen LogP contribution < -0.4 is 61.8 Å². The fourth-order valence-corrected chi connectivity index (χ4v) is 5.29. The van der Waals surface area contributed by atoms with Crippen LogP contribution in [0.5, 0.6) is 0 Å². The molecule has 0 bridgehead atoms. The van der Waals surface area contributed by atoms with Crippen LogP contribution in [0.3, 0.4) is 0 Å². The van der Waals surface area contributed by atoms with Gasteiger partial charge < -0.3 is 30.1 Å². The average Bonchev–Trinajstić information content (AvgIpc) is 3.15. The molecule has 8 nitrogen and oxygen atoms in total. The van der Waals surface area contributed by atoms with Crippen molar-refractivity contribution >= 4 is 29.5 Å². The largest absolute Gasteiger partial charge is 1.00 e. The molecule has 3 heterocycles. The first kappa shape index (κ1) is 24.1. The minimum Gasteiger partial charge on any atom is -0.543 e. The van der Waals surface area contributed by atoms with Crippen LogP contribution in [0.15, 0.2) is 22.8 Å². The molecular weight excluding hydrogens is 409 g/mol. The second-order valence-electron chi connectivity index (χ2n) is 7.39. The molecule has 148 valence electrons. The van der Waals surface area contributed by atoms with Gasteiger partial charge in [-0.3, -0.25) is 9.59 Å². The van der Waals surface area contributed by atoms with Gasteiger partial charge in [0.25, 0.3) is 0 Å². The maximum Gasteiger partial charge on any atom is 1.00 e. The number of hydrogen-bond acceptors (Lipinski definition) is 7. The number of nitrogens with zero attached hydrogens (tertiary/aromatic N) is 2. The first-order valence-electron chi connectivity index (χ1n) is 8.95. The molecule has 0 aromatic rings. The van der Waals surface area contributed by atoms with Crippen molar-refractivity contribution in [2.75, 3.05) is 20.6 Å². The molecule has 3 rings (SSSR count). The molecule has 2 N–H and O–H groups in total. The first-order valence-corrected chi connectivity index (χ1v) is 9.83. The van der Waals surface area contributed by atoms with Gasteiger partial charge in [-0.05, 0) is 13.3 Å². The SMILES string of the molecule is C[C@@H](O)[C@H]1C(=O)N2C(C(=O)[O-])=C(S[C@@H]3CN[C@H](/C=C/C(=O)N(C)C)C3)C[C@H]12.[K+]. The van der Waals surface area contributed by atoms with Crippen LogP contribution in [-0.4, -0.2) is 76.8 Å². The van der Waals surface area contributed by atoms with Crippen molar-refractivity contribution in [2.45, 2.75) is 43.2 Å². The van der Waals surface area contributed by atoms with Crippen LogP contribution in [-0.2, 0) is 14.4 Å². The molecule has 10 heteroatoms. The number of carbonyl (C=O) groups is 3. The summed E-state index contributed by atoms with van der Waals surface area (Å²) in [5, 5.41) is 24.8. The predicted octanol–water partition coefficient (Wildman–Crippen LogP) is -4.33. The van der Waals surface area contributed by atoms with E-state index >= 15 is 0 Å². The quantitative estimate of drug-likeness (QED) is 0.247. The Morgan fingerprint density at radius 3 is 2.68 bits per heavy atom.